The topological polar surface area (TPSA) is 12.5 Å². The molecular formula is C12H29NO. The largest absolute Gasteiger partial charge is 0.380 e. The second kappa shape index (κ2) is 12.9. The third-order valence-corrected chi connectivity index (χ3v) is 2.31. The monoisotopic (exact) mass is 203 g/mol. The van der Waals surface area contributed by atoms with Crippen molar-refractivity contribution in [3.63, 3.8) is 0 Å². The summed E-state index contributed by atoms with van der Waals surface area (Å²) in [5, 5.41) is 0. The summed E-state index contributed by atoms with van der Waals surface area (Å²) in [5.74, 6) is 0. The van der Waals surface area contributed by atoms with Gasteiger partial charge in [0.1, 0.15) is 0 Å². The Morgan fingerprint density at radius 2 is 1.50 bits per heavy atom. The zero-order chi connectivity index (χ0) is 11.4. The van der Waals surface area contributed by atoms with Crippen molar-refractivity contribution in [1.82, 2.24) is 4.90 Å². The van der Waals surface area contributed by atoms with E-state index in [-0.39, 0.29) is 0 Å². The molecule has 0 fully saturated rings. The quantitative estimate of drug-likeness (QED) is 0.630. The van der Waals surface area contributed by atoms with E-state index in [4.69, 9.17) is 4.74 Å². The molecule has 2 heteroatoms. The Balaban J connectivity index is 0. The summed E-state index contributed by atoms with van der Waals surface area (Å²) in [7, 11) is 0. The van der Waals surface area contributed by atoms with Gasteiger partial charge in [-0.1, -0.05) is 34.6 Å². The summed E-state index contributed by atoms with van der Waals surface area (Å²) >= 11 is 0. The predicted octanol–water partition coefficient (Wildman–Crippen LogP) is 3.17. The van der Waals surface area contributed by atoms with Gasteiger partial charge in [0.15, 0.2) is 0 Å². The summed E-state index contributed by atoms with van der Waals surface area (Å²) < 4.78 is 5.43. The van der Waals surface area contributed by atoms with Crippen LogP contribution in [0.3, 0.4) is 0 Å². The molecule has 0 radical (unpaired) electrons. The van der Waals surface area contributed by atoms with Crippen molar-refractivity contribution in [1.29, 1.82) is 0 Å². The first kappa shape index (κ1) is 16.4. The molecule has 0 aromatic heterocycles. The van der Waals surface area contributed by atoms with Gasteiger partial charge in [-0.05, 0) is 26.4 Å². The Morgan fingerprint density at radius 1 is 1.00 bits per heavy atom. The van der Waals surface area contributed by atoms with Crippen LogP contribution in [-0.2, 0) is 4.74 Å². The zero-order valence-electron chi connectivity index (χ0n) is 11.0. The number of rotatable bonds is 7. The summed E-state index contributed by atoms with van der Waals surface area (Å²) in [6.07, 6.45) is 1.18. The highest BCUT2D eigenvalue weighted by molar-refractivity contribution is 4.67. The van der Waals surface area contributed by atoms with Crippen LogP contribution in [0.5, 0.6) is 0 Å². The summed E-state index contributed by atoms with van der Waals surface area (Å²) in [6, 6.07) is 0.611. The Labute approximate surface area is 90.6 Å². The number of likely N-dealkylation sites (N-methyl/N-ethyl adjacent to an activating group) is 1. The van der Waals surface area contributed by atoms with Gasteiger partial charge in [0.05, 0.1) is 6.61 Å². The SMILES string of the molecule is CC.CCOCC(CC)N(CC)CC. The van der Waals surface area contributed by atoms with Gasteiger partial charge in [0, 0.05) is 12.6 Å². The lowest BCUT2D eigenvalue weighted by atomic mass is 10.2. The number of hydrogen-bond donors (Lipinski definition) is 0. The third-order valence-electron chi connectivity index (χ3n) is 2.31. The molecule has 88 valence electrons. The first-order valence-corrected chi connectivity index (χ1v) is 6.11. The van der Waals surface area contributed by atoms with Crippen LogP contribution in [0.1, 0.15) is 48.0 Å². The van der Waals surface area contributed by atoms with Gasteiger partial charge in [-0.25, -0.2) is 0 Å². The minimum atomic E-state index is 0.611. The van der Waals surface area contributed by atoms with Crippen molar-refractivity contribution in [2.45, 2.75) is 54.0 Å². The molecule has 2 nitrogen and oxygen atoms in total. The first-order chi connectivity index (χ1) is 6.79. The number of hydrogen-bond acceptors (Lipinski definition) is 2. The van der Waals surface area contributed by atoms with E-state index < -0.39 is 0 Å². The molecule has 14 heavy (non-hydrogen) atoms. The van der Waals surface area contributed by atoms with Gasteiger partial charge in [-0.2, -0.15) is 0 Å². The fourth-order valence-corrected chi connectivity index (χ4v) is 1.48. The molecule has 0 saturated heterocycles. The highest BCUT2D eigenvalue weighted by Gasteiger charge is 2.12. The minimum Gasteiger partial charge on any atom is -0.380 e. The lowest BCUT2D eigenvalue weighted by Crippen LogP contribution is -2.37. The van der Waals surface area contributed by atoms with Crippen molar-refractivity contribution in [2.24, 2.45) is 0 Å². The maximum atomic E-state index is 5.43. The normalized spacial score (nSPS) is 12.2. The average Bonchev–Trinajstić information content (AvgIpc) is 2.27. The van der Waals surface area contributed by atoms with E-state index in [1.54, 1.807) is 0 Å². The number of ether oxygens (including phenoxy) is 1. The molecule has 0 aromatic rings. The van der Waals surface area contributed by atoms with Gasteiger partial charge in [0.2, 0.25) is 0 Å². The molecule has 0 saturated carbocycles. The Morgan fingerprint density at radius 3 is 1.79 bits per heavy atom. The highest BCUT2D eigenvalue weighted by Crippen LogP contribution is 2.03. The van der Waals surface area contributed by atoms with Crippen molar-refractivity contribution in [3.8, 4) is 0 Å². The molecule has 0 rings (SSSR count). The van der Waals surface area contributed by atoms with Crippen molar-refractivity contribution in [3.05, 3.63) is 0 Å². The van der Waals surface area contributed by atoms with Gasteiger partial charge >= 0.3 is 0 Å². The minimum absolute atomic E-state index is 0.611. The average molecular weight is 203 g/mol. The summed E-state index contributed by atoms with van der Waals surface area (Å²) in [4.78, 5) is 2.45. The standard InChI is InChI=1S/C10H23NO.C2H6/c1-5-10(9-12-8-4)11(6-2)7-3;1-2/h10H,5-9H2,1-4H3;1-2H3. The van der Waals surface area contributed by atoms with E-state index in [9.17, 15) is 0 Å². The van der Waals surface area contributed by atoms with Crippen molar-refractivity contribution >= 4 is 0 Å². The van der Waals surface area contributed by atoms with Gasteiger partial charge < -0.3 is 4.74 Å². The van der Waals surface area contributed by atoms with E-state index in [2.05, 4.69) is 32.6 Å². The zero-order valence-corrected chi connectivity index (χ0v) is 11.0. The van der Waals surface area contributed by atoms with Crippen LogP contribution in [-0.4, -0.2) is 37.2 Å². The highest BCUT2D eigenvalue weighted by atomic mass is 16.5. The van der Waals surface area contributed by atoms with Crippen LogP contribution in [0.2, 0.25) is 0 Å². The fourth-order valence-electron chi connectivity index (χ4n) is 1.48. The first-order valence-electron chi connectivity index (χ1n) is 6.11. The Bertz CT molecular complexity index is 92.3. The summed E-state index contributed by atoms with van der Waals surface area (Å²) in [5.41, 5.74) is 0. The van der Waals surface area contributed by atoms with Crippen molar-refractivity contribution in [2.75, 3.05) is 26.3 Å². The van der Waals surface area contributed by atoms with E-state index in [0.29, 0.717) is 6.04 Å². The van der Waals surface area contributed by atoms with Gasteiger partial charge in [-0.3, -0.25) is 4.90 Å². The van der Waals surface area contributed by atoms with Crippen LogP contribution in [0.15, 0.2) is 0 Å². The van der Waals surface area contributed by atoms with E-state index in [1.165, 1.54) is 6.42 Å². The van der Waals surface area contributed by atoms with Gasteiger partial charge in [0.25, 0.3) is 0 Å². The van der Waals surface area contributed by atoms with Crippen molar-refractivity contribution < 1.29 is 4.74 Å². The Hall–Kier alpha value is -0.0800. The van der Waals surface area contributed by atoms with E-state index >= 15 is 0 Å². The van der Waals surface area contributed by atoms with E-state index in [1.807, 2.05) is 13.8 Å². The molecule has 0 spiro atoms. The molecule has 0 bridgehead atoms. The maximum Gasteiger partial charge on any atom is 0.0621 e. The lowest BCUT2D eigenvalue weighted by molar-refractivity contribution is 0.0686. The molecule has 0 aliphatic heterocycles. The second-order valence-corrected chi connectivity index (χ2v) is 2.94. The molecule has 1 atom stereocenters. The van der Waals surface area contributed by atoms with Crippen LogP contribution in [0.25, 0.3) is 0 Å². The summed E-state index contributed by atoms with van der Waals surface area (Å²) in [6.45, 7) is 16.7. The van der Waals surface area contributed by atoms with Crippen LogP contribution >= 0.6 is 0 Å². The van der Waals surface area contributed by atoms with E-state index in [0.717, 1.165) is 26.3 Å². The van der Waals surface area contributed by atoms with Crippen LogP contribution < -0.4 is 0 Å². The van der Waals surface area contributed by atoms with Crippen LogP contribution in [0, 0.1) is 0 Å². The number of nitrogens with zero attached hydrogens (tertiary/aromatic N) is 1. The second-order valence-electron chi connectivity index (χ2n) is 2.94. The lowest BCUT2D eigenvalue weighted by Gasteiger charge is -2.28. The predicted molar refractivity (Wildman–Crippen MR) is 64.8 cm³/mol. The molecule has 0 aromatic carbocycles. The fraction of sp³-hybridized carbons (Fsp3) is 1.00. The molecule has 0 heterocycles. The molecule has 0 amide bonds. The smallest absolute Gasteiger partial charge is 0.0621 e. The Kier molecular flexibility index (Phi) is 15.1. The molecule has 0 N–H and O–H groups in total. The molecular weight excluding hydrogens is 174 g/mol. The molecule has 1 unspecified atom stereocenters. The third kappa shape index (κ3) is 7.34. The van der Waals surface area contributed by atoms with Crippen LogP contribution in [0.4, 0.5) is 0 Å². The molecule has 0 aliphatic rings. The van der Waals surface area contributed by atoms with Gasteiger partial charge in [-0.15, -0.1) is 0 Å². The molecule has 0 aliphatic carbocycles. The maximum absolute atomic E-state index is 5.43.